The van der Waals surface area contributed by atoms with Gasteiger partial charge in [-0.25, -0.2) is 0 Å². The minimum atomic E-state index is -4.66. The van der Waals surface area contributed by atoms with Crippen LogP contribution in [0.15, 0.2) is 47.4 Å². The second kappa shape index (κ2) is 7.34. The number of halogens is 3. The van der Waals surface area contributed by atoms with Crippen LogP contribution in [0.5, 0.6) is 11.5 Å². The number of aromatic nitrogens is 1. The van der Waals surface area contributed by atoms with Crippen LogP contribution in [-0.2, 0) is 6.18 Å². The molecule has 0 radical (unpaired) electrons. The van der Waals surface area contributed by atoms with Crippen LogP contribution in [0.2, 0.25) is 0 Å². The Kier molecular flexibility index (Phi) is 5.12. The lowest BCUT2D eigenvalue weighted by Gasteiger charge is -2.15. The van der Waals surface area contributed by atoms with E-state index in [1.54, 1.807) is 24.3 Å². The lowest BCUT2D eigenvalue weighted by Crippen LogP contribution is -2.15. The molecule has 2 aromatic carbocycles. The van der Waals surface area contributed by atoms with Gasteiger partial charge in [-0.05, 0) is 36.2 Å². The van der Waals surface area contributed by atoms with Crippen molar-refractivity contribution >= 4 is 10.9 Å². The highest BCUT2D eigenvalue weighted by Gasteiger charge is 2.34. The molecule has 0 saturated carbocycles. The van der Waals surface area contributed by atoms with E-state index < -0.39 is 22.6 Å². The van der Waals surface area contributed by atoms with E-state index in [1.807, 2.05) is 6.92 Å². The van der Waals surface area contributed by atoms with Crippen molar-refractivity contribution in [1.82, 2.24) is 4.98 Å². The number of aromatic amines is 1. The van der Waals surface area contributed by atoms with Gasteiger partial charge in [0.15, 0.2) is 5.43 Å². The monoisotopic (exact) mass is 377 g/mol. The van der Waals surface area contributed by atoms with E-state index in [9.17, 15) is 18.0 Å². The molecule has 0 atom stereocenters. The van der Waals surface area contributed by atoms with E-state index >= 15 is 0 Å². The highest BCUT2D eigenvalue weighted by molar-refractivity contribution is 5.91. The number of nitrogens with one attached hydrogen (secondary N) is 1. The summed E-state index contributed by atoms with van der Waals surface area (Å²) in [6.07, 6.45) is -2.56. The molecule has 3 rings (SSSR count). The highest BCUT2D eigenvalue weighted by Crippen LogP contribution is 2.37. The van der Waals surface area contributed by atoms with Gasteiger partial charge >= 0.3 is 6.18 Å². The lowest BCUT2D eigenvalue weighted by molar-refractivity contribution is -0.136. The first-order chi connectivity index (χ1) is 12.9. The molecule has 0 aliphatic rings. The maximum Gasteiger partial charge on any atom is 0.417 e. The van der Waals surface area contributed by atoms with Crippen molar-refractivity contribution in [1.29, 1.82) is 0 Å². The van der Waals surface area contributed by atoms with Crippen LogP contribution < -0.4 is 14.9 Å². The number of methoxy groups -OCH3 is 1. The average molecular weight is 377 g/mol. The Morgan fingerprint density at radius 2 is 1.78 bits per heavy atom. The topological polar surface area (TPSA) is 51.3 Å². The van der Waals surface area contributed by atoms with E-state index in [-0.39, 0.29) is 16.8 Å². The summed E-state index contributed by atoms with van der Waals surface area (Å²) in [6, 6.07) is 8.67. The van der Waals surface area contributed by atoms with Gasteiger partial charge in [-0.15, -0.1) is 0 Å². The van der Waals surface area contributed by atoms with Gasteiger partial charge < -0.3 is 14.5 Å². The number of hydrogen-bond acceptors (Lipinski definition) is 3. The Morgan fingerprint density at radius 1 is 1.07 bits per heavy atom. The van der Waals surface area contributed by atoms with Gasteiger partial charge in [0.05, 0.1) is 30.2 Å². The molecule has 0 fully saturated rings. The Labute approximate surface area is 153 Å². The quantitative estimate of drug-likeness (QED) is 0.680. The first-order valence-corrected chi connectivity index (χ1v) is 8.39. The Morgan fingerprint density at radius 3 is 2.37 bits per heavy atom. The molecular formula is C20H18F3NO3. The molecule has 1 heterocycles. The molecule has 1 aromatic heterocycles. The molecule has 0 unspecified atom stereocenters. The molecule has 0 aliphatic carbocycles. The standard InChI is InChI=1S/C20H18F3NO3/c1-3-10-27-16-9-8-15(20(21,22)23)17-18(16)24-11-14(19(17)25)12-4-6-13(26-2)7-5-12/h4-9,11H,3,10H2,1-2H3,(H,24,25). The first kappa shape index (κ1) is 18.8. The minimum Gasteiger partial charge on any atom is -0.497 e. The highest BCUT2D eigenvalue weighted by atomic mass is 19.4. The largest absolute Gasteiger partial charge is 0.497 e. The van der Waals surface area contributed by atoms with Crippen LogP contribution in [-0.4, -0.2) is 18.7 Å². The molecule has 7 heteroatoms. The van der Waals surface area contributed by atoms with Gasteiger partial charge in [-0.3, -0.25) is 4.79 Å². The van der Waals surface area contributed by atoms with Gasteiger partial charge in [-0.1, -0.05) is 19.1 Å². The second-order valence-corrected chi connectivity index (χ2v) is 5.97. The zero-order valence-corrected chi connectivity index (χ0v) is 14.8. The molecule has 0 bridgehead atoms. The zero-order valence-electron chi connectivity index (χ0n) is 14.8. The molecule has 0 spiro atoms. The smallest absolute Gasteiger partial charge is 0.417 e. The third-order valence-electron chi connectivity index (χ3n) is 4.17. The molecule has 1 N–H and O–H groups in total. The summed E-state index contributed by atoms with van der Waals surface area (Å²) in [6.45, 7) is 2.22. The van der Waals surface area contributed by atoms with E-state index in [0.717, 1.165) is 6.07 Å². The Hall–Kier alpha value is -2.96. The van der Waals surface area contributed by atoms with Crippen LogP contribution in [0.4, 0.5) is 13.2 Å². The third-order valence-corrected chi connectivity index (χ3v) is 4.17. The normalized spacial score (nSPS) is 11.6. The van der Waals surface area contributed by atoms with Gasteiger partial charge in [0.25, 0.3) is 0 Å². The molecule has 4 nitrogen and oxygen atoms in total. The van der Waals surface area contributed by atoms with Gasteiger partial charge in [0, 0.05) is 11.8 Å². The zero-order chi connectivity index (χ0) is 19.6. The number of benzene rings is 2. The first-order valence-electron chi connectivity index (χ1n) is 8.39. The van der Waals surface area contributed by atoms with Crippen molar-refractivity contribution < 1.29 is 22.6 Å². The molecule has 3 aromatic rings. The van der Waals surface area contributed by atoms with Gasteiger partial charge in [-0.2, -0.15) is 13.2 Å². The SMILES string of the molecule is CCCOc1ccc(C(F)(F)F)c2c(=O)c(-c3ccc(OC)cc3)c[nH]c12. The summed E-state index contributed by atoms with van der Waals surface area (Å²) >= 11 is 0. The summed E-state index contributed by atoms with van der Waals surface area (Å²) in [7, 11) is 1.51. The maximum absolute atomic E-state index is 13.5. The molecule has 0 saturated heterocycles. The van der Waals surface area contributed by atoms with Crippen LogP contribution in [0.1, 0.15) is 18.9 Å². The number of H-pyrrole nitrogens is 1. The predicted molar refractivity (Wildman–Crippen MR) is 97.3 cm³/mol. The van der Waals surface area contributed by atoms with Crippen LogP contribution in [0.25, 0.3) is 22.0 Å². The molecular weight excluding hydrogens is 359 g/mol. The van der Waals surface area contributed by atoms with Crippen LogP contribution in [0.3, 0.4) is 0 Å². The van der Waals surface area contributed by atoms with Crippen molar-refractivity contribution in [3.05, 3.63) is 58.4 Å². The van der Waals surface area contributed by atoms with Crippen molar-refractivity contribution in [3.63, 3.8) is 0 Å². The number of ether oxygens (including phenoxy) is 2. The predicted octanol–water partition coefficient (Wildman–Crippen LogP) is 5.01. The fraction of sp³-hybridized carbons (Fsp3) is 0.250. The van der Waals surface area contributed by atoms with E-state index in [1.165, 1.54) is 19.4 Å². The number of alkyl halides is 3. The Balaban J connectivity index is 2.27. The maximum atomic E-state index is 13.5. The Bertz CT molecular complexity index is 1010. The van der Waals surface area contributed by atoms with Crippen molar-refractivity contribution in [2.24, 2.45) is 0 Å². The molecule has 0 amide bonds. The summed E-state index contributed by atoms with van der Waals surface area (Å²) < 4.78 is 51.1. The summed E-state index contributed by atoms with van der Waals surface area (Å²) in [5.74, 6) is 0.806. The van der Waals surface area contributed by atoms with Gasteiger partial charge in [0.2, 0.25) is 0 Å². The van der Waals surface area contributed by atoms with E-state index in [2.05, 4.69) is 4.98 Å². The molecule has 27 heavy (non-hydrogen) atoms. The van der Waals surface area contributed by atoms with Crippen LogP contribution >= 0.6 is 0 Å². The van der Waals surface area contributed by atoms with Gasteiger partial charge in [0.1, 0.15) is 11.5 Å². The van der Waals surface area contributed by atoms with E-state index in [4.69, 9.17) is 9.47 Å². The summed E-state index contributed by atoms with van der Waals surface area (Å²) in [5.41, 5.74) is -1.02. The van der Waals surface area contributed by atoms with Crippen molar-refractivity contribution in [2.75, 3.05) is 13.7 Å². The second-order valence-electron chi connectivity index (χ2n) is 5.97. The summed E-state index contributed by atoms with van der Waals surface area (Å²) in [5, 5.41) is -0.426. The van der Waals surface area contributed by atoms with E-state index in [0.29, 0.717) is 24.3 Å². The third kappa shape index (κ3) is 3.63. The minimum absolute atomic E-state index is 0.0422. The van der Waals surface area contributed by atoms with Crippen molar-refractivity contribution in [3.8, 4) is 22.6 Å². The molecule has 142 valence electrons. The van der Waals surface area contributed by atoms with Crippen molar-refractivity contribution in [2.45, 2.75) is 19.5 Å². The van der Waals surface area contributed by atoms with Crippen LogP contribution in [0, 0.1) is 0 Å². The number of pyridine rings is 1. The molecule has 0 aliphatic heterocycles. The number of fused-ring (bicyclic) bond motifs is 1. The number of hydrogen-bond donors (Lipinski definition) is 1. The average Bonchev–Trinajstić information content (AvgIpc) is 2.65. The summed E-state index contributed by atoms with van der Waals surface area (Å²) in [4.78, 5) is 15.8. The number of rotatable bonds is 5. The fourth-order valence-corrected chi connectivity index (χ4v) is 2.86. The lowest BCUT2D eigenvalue weighted by atomic mass is 10.0. The fourth-order valence-electron chi connectivity index (χ4n) is 2.86.